The highest BCUT2D eigenvalue weighted by atomic mass is 19.4. The number of hydrogen-bond donors (Lipinski definition) is 0. The zero-order valence-electron chi connectivity index (χ0n) is 20.6. The first-order valence-corrected chi connectivity index (χ1v) is 12.5. The van der Waals surface area contributed by atoms with Gasteiger partial charge in [-0.25, -0.2) is 4.68 Å². The van der Waals surface area contributed by atoms with E-state index >= 15 is 0 Å². The Hall–Kier alpha value is -3.72. The second kappa shape index (κ2) is 10.6. The third-order valence-electron chi connectivity index (χ3n) is 6.94. The second-order valence-corrected chi connectivity index (χ2v) is 9.59. The predicted octanol–water partition coefficient (Wildman–Crippen LogP) is 2.66. The van der Waals surface area contributed by atoms with Gasteiger partial charge in [-0.05, 0) is 48.9 Å². The number of nitriles is 1. The number of benzene rings is 1. The molecule has 2 aliphatic heterocycles. The number of aliphatic imine (C=N–C) groups is 1. The van der Waals surface area contributed by atoms with Crippen molar-refractivity contribution in [2.45, 2.75) is 51.2 Å². The first-order chi connectivity index (χ1) is 18.2. The molecule has 0 unspecified atom stereocenters. The average molecular weight is 530 g/mol. The molecule has 2 aromatic rings. The molecule has 0 bridgehead atoms. The van der Waals surface area contributed by atoms with Crippen LogP contribution in [0, 0.1) is 11.3 Å². The fraction of sp³-hybridized carbons (Fsp3) is 0.500. The van der Waals surface area contributed by atoms with Crippen molar-refractivity contribution in [2.24, 2.45) is 4.99 Å². The Labute approximate surface area is 216 Å². The van der Waals surface area contributed by atoms with Crippen LogP contribution in [0.15, 0.2) is 21.9 Å². The van der Waals surface area contributed by atoms with Gasteiger partial charge < -0.3 is 14.4 Å². The highest BCUT2D eigenvalue weighted by molar-refractivity contribution is 5.95. The molecule has 38 heavy (non-hydrogen) atoms. The molecule has 0 N–H and O–H groups in total. The number of halogens is 3. The molecule has 0 atom stereocenters. The molecule has 1 aromatic carbocycles. The first-order valence-electron chi connectivity index (χ1n) is 12.5. The van der Waals surface area contributed by atoms with Gasteiger partial charge in [0, 0.05) is 37.2 Å². The highest BCUT2D eigenvalue weighted by Gasteiger charge is 2.30. The Morgan fingerprint density at radius 3 is 2.61 bits per heavy atom. The van der Waals surface area contributed by atoms with Crippen molar-refractivity contribution in [2.75, 3.05) is 32.9 Å². The molecular weight excluding hydrogens is 503 g/mol. The molecule has 5 rings (SSSR count). The summed E-state index contributed by atoms with van der Waals surface area (Å²) in [5.41, 5.74) is 3.84. The van der Waals surface area contributed by atoms with Gasteiger partial charge in [0.05, 0.1) is 30.2 Å². The first kappa shape index (κ1) is 25.9. The van der Waals surface area contributed by atoms with Gasteiger partial charge in [-0.2, -0.15) is 23.5 Å². The van der Waals surface area contributed by atoms with Gasteiger partial charge >= 0.3 is 6.18 Å². The van der Waals surface area contributed by atoms with Crippen molar-refractivity contribution in [3.05, 3.63) is 50.4 Å². The van der Waals surface area contributed by atoms with Gasteiger partial charge in [0.2, 0.25) is 5.91 Å². The minimum absolute atomic E-state index is 0.0244. The normalized spacial score (nSPS) is 16.9. The summed E-state index contributed by atoms with van der Waals surface area (Å²) in [5, 5.41) is 14.0. The Kier molecular flexibility index (Phi) is 7.21. The summed E-state index contributed by atoms with van der Waals surface area (Å²) < 4.78 is 49.4. The number of nitrogens with zero attached hydrogens (tertiary/aromatic N) is 5. The monoisotopic (exact) mass is 529 g/mol. The van der Waals surface area contributed by atoms with Crippen LogP contribution in [0.25, 0.3) is 0 Å². The average Bonchev–Trinajstić information content (AvgIpc) is 3.30. The second-order valence-electron chi connectivity index (χ2n) is 9.59. The number of carbonyl (C=O) groups excluding carboxylic acids is 1. The standard InChI is InChI=1S/C26H26F3N5O4/c27-26(28,29)15-38-23-11-16-9-18(31-21(16)10-17(23)13-30)12-22-19-3-1-2-4-20(19)25(36)34(32-22)14-24(35)33-5-7-37-8-6-33/h10-11H,1-9,12,14-15H2. The predicted molar refractivity (Wildman–Crippen MR) is 130 cm³/mol. The lowest BCUT2D eigenvalue weighted by Crippen LogP contribution is -2.44. The van der Waals surface area contributed by atoms with Crippen LogP contribution in [0.2, 0.25) is 0 Å². The Balaban J connectivity index is 1.40. The van der Waals surface area contributed by atoms with Crippen LogP contribution in [0.1, 0.15) is 40.8 Å². The number of rotatable bonds is 6. The quantitative estimate of drug-likeness (QED) is 0.569. The van der Waals surface area contributed by atoms with E-state index in [1.165, 1.54) is 16.8 Å². The van der Waals surface area contributed by atoms with E-state index in [0.717, 1.165) is 18.4 Å². The van der Waals surface area contributed by atoms with E-state index in [-0.39, 0.29) is 29.3 Å². The van der Waals surface area contributed by atoms with Crippen LogP contribution in [0.3, 0.4) is 0 Å². The van der Waals surface area contributed by atoms with E-state index in [1.54, 1.807) is 4.90 Å². The molecule has 1 aromatic heterocycles. The number of alkyl halides is 3. The molecule has 3 heterocycles. The van der Waals surface area contributed by atoms with Crippen LogP contribution in [0.5, 0.6) is 5.75 Å². The van der Waals surface area contributed by atoms with Crippen LogP contribution in [-0.4, -0.2) is 65.4 Å². The summed E-state index contributed by atoms with van der Waals surface area (Å²) >= 11 is 0. The maximum absolute atomic E-state index is 13.2. The van der Waals surface area contributed by atoms with E-state index in [1.807, 2.05) is 6.07 Å². The van der Waals surface area contributed by atoms with E-state index in [0.29, 0.717) is 80.2 Å². The van der Waals surface area contributed by atoms with Gasteiger partial charge in [-0.1, -0.05) is 0 Å². The van der Waals surface area contributed by atoms with Crippen molar-refractivity contribution in [3.8, 4) is 11.8 Å². The fourth-order valence-electron chi connectivity index (χ4n) is 5.10. The lowest BCUT2D eigenvalue weighted by molar-refractivity contribution is -0.153. The molecule has 0 radical (unpaired) electrons. The lowest BCUT2D eigenvalue weighted by Gasteiger charge is -2.27. The fourth-order valence-corrected chi connectivity index (χ4v) is 5.10. The molecule has 0 saturated carbocycles. The zero-order valence-corrected chi connectivity index (χ0v) is 20.6. The molecule has 0 spiro atoms. The largest absolute Gasteiger partial charge is 0.483 e. The maximum Gasteiger partial charge on any atom is 0.422 e. The SMILES string of the molecule is N#Cc1cc2c(cc1OCC(F)(F)F)CC(Cc1nn(CC(=O)N3CCOCC3)c(=O)c3c1CCCC3)=N2. The van der Waals surface area contributed by atoms with E-state index in [4.69, 9.17) is 9.47 Å². The highest BCUT2D eigenvalue weighted by Crippen LogP contribution is 2.35. The topological polar surface area (TPSA) is 110 Å². The summed E-state index contributed by atoms with van der Waals surface area (Å²) in [6.45, 7) is 0.215. The van der Waals surface area contributed by atoms with Crippen molar-refractivity contribution in [1.82, 2.24) is 14.7 Å². The Bertz CT molecular complexity index is 1390. The molecule has 9 nitrogen and oxygen atoms in total. The van der Waals surface area contributed by atoms with Gasteiger partial charge in [0.15, 0.2) is 6.61 Å². The van der Waals surface area contributed by atoms with Gasteiger partial charge in [0.1, 0.15) is 18.4 Å². The van der Waals surface area contributed by atoms with Gasteiger partial charge in [-0.15, -0.1) is 0 Å². The molecule has 200 valence electrons. The Morgan fingerprint density at radius 1 is 1.16 bits per heavy atom. The molecule has 1 fully saturated rings. The summed E-state index contributed by atoms with van der Waals surface area (Å²) in [5.74, 6) is -0.323. The third kappa shape index (κ3) is 5.57. The van der Waals surface area contributed by atoms with Crippen LogP contribution >= 0.6 is 0 Å². The van der Waals surface area contributed by atoms with Crippen LogP contribution in [0.4, 0.5) is 18.9 Å². The number of ether oxygens (including phenoxy) is 2. The number of hydrogen-bond acceptors (Lipinski definition) is 7. The molecule has 1 aliphatic carbocycles. The van der Waals surface area contributed by atoms with Crippen LogP contribution in [-0.2, 0) is 41.8 Å². The molecular formula is C26H26F3N5O4. The molecule has 12 heteroatoms. The zero-order chi connectivity index (χ0) is 26.9. The summed E-state index contributed by atoms with van der Waals surface area (Å²) in [6.07, 6.45) is -0.712. The number of fused-ring (bicyclic) bond motifs is 2. The maximum atomic E-state index is 13.2. The summed E-state index contributed by atoms with van der Waals surface area (Å²) in [6, 6.07) is 4.73. The number of amides is 1. The molecule has 1 saturated heterocycles. The number of morpholine rings is 1. The van der Waals surface area contributed by atoms with Gasteiger partial charge in [0.25, 0.3) is 5.56 Å². The molecule has 3 aliphatic rings. The van der Waals surface area contributed by atoms with E-state index in [2.05, 4.69) is 10.1 Å². The number of carbonyl (C=O) groups is 1. The summed E-state index contributed by atoms with van der Waals surface area (Å²) in [7, 11) is 0. The van der Waals surface area contributed by atoms with Crippen molar-refractivity contribution >= 4 is 17.3 Å². The van der Waals surface area contributed by atoms with E-state index in [9.17, 15) is 28.0 Å². The van der Waals surface area contributed by atoms with Crippen LogP contribution < -0.4 is 10.3 Å². The number of aromatic nitrogens is 2. The third-order valence-corrected chi connectivity index (χ3v) is 6.94. The van der Waals surface area contributed by atoms with Crippen molar-refractivity contribution < 1.29 is 27.4 Å². The van der Waals surface area contributed by atoms with Crippen molar-refractivity contribution in [3.63, 3.8) is 0 Å². The summed E-state index contributed by atoms with van der Waals surface area (Å²) in [4.78, 5) is 32.3. The smallest absolute Gasteiger partial charge is 0.422 e. The Morgan fingerprint density at radius 2 is 1.89 bits per heavy atom. The minimum atomic E-state index is -4.52. The minimum Gasteiger partial charge on any atom is -0.483 e. The van der Waals surface area contributed by atoms with Crippen molar-refractivity contribution in [1.29, 1.82) is 5.26 Å². The van der Waals surface area contributed by atoms with E-state index < -0.39 is 12.8 Å². The van der Waals surface area contributed by atoms with Gasteiger partial charge in [-0.3, -0.25) is 14.6 Å². The lowest BCUT2D eigenvalue weighted by atomic mass is 9.90. The molecule has 1 amide bonds.